The molecule has 1 N–H and O–H groups in total. The van der Waals surface area contributed by atoms with Crippen LogP contribution in [-0.2, 0) is 6.42 Å². The molecule has 0 aliphatic rings. The highest BCUT2D eigenvalue weighted by molar-refractivity contribution is 5.91. The summed E-state index contributed by atoms with van der Waals surface area (Å²) < 4.78 is 0. The number of aliphatic hydroxyl groups excluding tert-OH is 1. The van der Waals surface area contributed by atoms with E-state index in [9.17, 15) is 9.59 Å². The molecule has 1 aromatic carbocycles. The molecule has 0 saturated heterocycles. The molecule has 0 heterocycles. The molecule has 0 saturated carbocycles. The molecule has 0 atom stereocenters. The van der Waals surface area contributed by atoms with Crippen LogP contribution in [-0.4, -0.2) is 24.3 Å². The number of carbonyl (C=O) groups is 2. The molecule has 68 valence electrons. The summed E-state index contributed by atoms with van der Waals surface area (Å²) in [6, 6.07) is 5.01. The van der Waals surface area contributed by atoms with Gasteiger partial charge >= 0.3 is 0 Å². The molecule has 13 heavy (non-hydrogen) atoms. The Labute approximate surface area is 76.0 Å². The molecule has 0 spiro atoms. The Morgan fingerprint density at radius 1 is 1.23 bits per heavy atom. The second-order valence-electron chi connectivity index (χ2n) is 2.63. The fourth-order valence-corrected chi connectivity index (χ4v) is 1.22. The standard InChI is InChI=1S/C10H10O3/c11-5-4-8-2-1-3-9(6-12)10(8)7-13/h1-3,6-7,11H,4-5H2. The fraction of sp³-hybridized carbons (Fsp3) is 0.200. The van der Waals surface area contributed by atoms with Crippen molar-refractivity contribution < 1.29 is 14.7 Å². The first kappa shape index (κ1) is 9.61. The van der Waals surface area contributed by atoms with Crippen LogP contribution >= 0.6 is 0 Å². The largest absolute Gasteiger partial charge is 0.396 e. The third-order valence-corrected chi connectivity index (χ3v) is 1.86. The average Bonchev–Trinajstić information content (AvgIpc) is 2.18. The molecule has 0 fully saturated rings. The van der Waals surface area contributed by atoms with Gasteiger partial charge in [-0.25, -0.2) is 0 Å². The van der Waals surface area contributed by atoms with E-state index in [2.05, 4.69) is 0 Å². The molecule has 0 radical (unpaired) electrons. The van der Waals surface area contributed by atoms with Crippen molar-refractivity contribution in [1.82, 2.24) is 0 Å². The predicted octanol–water partition coefficient (Wildman–Crippen LogP) is 0.846. The molecular weight excluding hydrogens is 168 g/mol. The Kier molecular flexibility index (Phi) is 3.34. The van der Waals surface area contributed by atoms with E-state index in [0.717, 1.165) is 0 Å². The summed E-state index contributed by atoms with van der Waals surface area (Å²) in [5, 5.41) is 8.70. The predicted molar refractivity (Wildman–Crippen MR) is 48.0 cm³/mol. The quantitative estimate of drug-likeness (QED) is 0.695. The Balaban J connectivity index is 3.18. The molecule has 3 nitrogen and oxygen atoms in total. The number of hydrogen-bond donors (Lipinski definition) is 1. The van der Waals surface area contributed by atoms with Crippen molar-refractivity contribution in [1.29, 1.82) is 0 Å². The number of hydrogen-bond acceptors (Lipinski definition) is 3. The third kappa shape index (κ3) is 2.00. The lowest BCUT2D eigenvalue weighted by molar-refractivity contribution is 0.109. The lowest BCUT2D eigenvalue weighted by Crippen LogP contribution is -2.00. The molecule has 0 aromatic heterocycles. The molecule has 0 aliphatic carbocycles. The number of rotatable bonds is 4. The van der Waals surface area contributed by atoms with Gasteiger partial charge in [0, 0.05) is 17.7 Å². The van der Waals surface area contributed by atoms with Crippen LogP contribution in [0.25, 0.3) is 0 Å². The van der Waals surface area contributed by atoms with E-state index in [-0.39, 0.29) is 6.61 Å². The molecule has 1 rings (SSSR count). The fourth-order valence-electron chi connectivity index (χ4n) is 1.22. The van der Waals surface area contributed by atoms with Crippen LogP contribution in [0.3, 0.4) is 0 Å². The monoisotopic (exact) mass is 178 g/mol. The summed E-state index contributed by atoms with van der Waals surface area (Å²) in [6.07, 6.45) is 1.69. The van der Waals surface area contributed by atoms with Gasteiger partial charge in [-0.2, -0.15) is 0 Å². The van der Waals surface area contributed by atoms with Crippen molar-refractivity contribution in [2.45, 2.75) is 6.42 Å². The summed E-state index contributed by atoms with van der Waals surface area (Å²) in [5.41, 5.74) is 1.47. The maximum Gasteiger partial charge on any atom is 0.151 e. The molecule has 3 heteroatoms. The maximum absolute atomic E-state index is 10.6. The van der Waals surface area contributed by atoms with Crippen LogP contribution in [0, 0.1) is 0 Å². The Morgan fingerprint density at radius 3 is 2.54 bits per heavy atom. The normalized spacial score (nSPS) is 9.62. The zero-order chi connectivity index (χ0) is 9.68. The van der Waals surface area contributed by atoms with Crippen molar-refractivity contribution in [2.75, 3.05) is 6.61 Å². The van der Waals surface area contributed by atoms with Gasteiger partial charge in [0.1, 0.15) is 0 Å². The first-order valence-electron chi connectivity index (χ1n) is 3.96. The highest BCUT2D eigenvalue weighted by Crippen LogP contribution is 2.11. The van der Waals surface area contributed by atoms with Crippen molar-refractivity contribution in [3.05, 3.63) is 34.9 Å². The lowest BCUT2D eigenvalue weighted by atomic mass is 10.0. The van der Waals surface area contributed by atoms with Crippen LogP contribution in [0.1, 0.15) is 26.3 Å². The Bertz CT molecular complexity index is 318. The van der Waals surface area contributed by atoms with Crippen LogP contribution in [0.5, 0.6) is 0 Å². The van der Waals surface area contributed by atoms with E-state index in [0.29, 0.717) is 35.7 Å². The first-order chi connectivity index (χ1) is 6.33. The van der Waals surface area contributed by atoms with Crippen molar-refractivity contribution in [2.24, 2.45) is 0 Å². The smallest absolute Gasteiger partial charge is 0.151 e. The minimum absolute atomic E-state index is 0.0247. The van der Waals surface area contributed by atoms with Crippen molar-refractivity contribution in [3.8, 4) is 0 Å². The van der Waals surface area contributed by atoms with Gasteiger partial charge in [-0.1, -0.05) is 18.2 Å². The van der Waals surface area contributed by atoms with E-state index in [1.54, 1.807) is 18.2 Å². The Morgan fingerprint density at radius 2 is 2.00 bits per heavy atom. The van der Waals surface area contributed by atoms with Crippen molar-refractivity contribution >= 4 is 12.6 Å². The SMILES string of the molecule is O=Cc1cccc(CCO)c1C=O. The van der Waals surface area contributed by atoms with Gasteiger partial charge in [0.05, 0.1) is 0 Å². The van der Waals surface area contributed by atoms with Crippen molar-refractivity contribution in [3.63, 3.8) is 0 Å². The summed E-state index contributed by atoms with van der Waals surface area (Å²) >= 11 is 0. The number of aldehydes is 2. The van der Waals surface area contributed by atoms with Gasteiger partial charge in [-0.05, 0) is 12.0 Å². The van der Waals surface area contributed by atoms with Gasteiger partial charge in [0.25, 0.3) is 0 Å². The van der Waals surface area contributed by atoms with Gasteiger partial charge in [0.15, 0.2) is 12.6 Å². The van der Waals surface area contributed by atoms with Gasteiger partial charge in [-0.3, -0.25) is 9.59 Å². The van der Waals surface area contributed by atoms with Crippen LogP contribution in [0.4, 0.5) is 0 Å². The van der Waals surface area contributed by atoms with Gasteiger partial charge < -0.3 is 5.11 Å². The molecule has 0 unspecified atom stereocenters. The van der Waals surface area contributed by atoms with Gasteiger partial charge in [-0.15, -0.1) is 0 Å². The second-order valence-corrected chi connectivity index (χ2v) is 2.63. The molecular formula is C10H10O3. The van der Waals surface area contributed by atoms with E-state index in [1.165, 1.54) is 0 Å². The number of aliphatic hydroxyl groups is 1. The summed E-state index contributed by atoms with van der Waals surface area (Å²) in [7, 11) is 0. The van der Waals surface area contributed by atoms with E-state index >= 15 is 0 Å². The van der Waals surface area contributed by atoms with Crippen LogP contribution < -0.4 is 0 Å². The molecule has 0 bridgehead atoms. The third-order valence-electron chi connectivity index (χ3n) is 1.86. The minimum atomic E-state index is -0.0247. The van der Waals surface area contributed by atoms with E-state index < -0.39 is 0 Å². The summed E-state index contributed by atoms with van der Waals surface area (Å²) in [5.74, 6) is 0. The summed E-state index contributed by atoms with van der Waals surface area (Å²) in [6.45, 7) is -0.0247. The highest BCUT2D eigenvalue weighted by Gasteiger charge is 2.05. The first-order valence-corrected chi connectivity index (χ1v) is 3.96. The second kappa shape index (κ2) is 4.52. The topological polar surface area (TPSA) is 54.4 Å². The summed E-state index contributed by atoms with van der Waals surface area (Å²) in [4.78, 5) is 21.2. The van der Waals surface area contributed by atoms with Crippen LogP contribution in [0.15, 0.2) is 18.2 Å². The van der Waals surface area contributed by atoms with E-state index in [4.69, 9.17) is 5.11 Å². The highest BCUT2D eigenvalue weighted by atomic mass is 16.3. The molecule has 0 aliphatic heterocycles. The number of carbonyl (C=O) groups excluding carboxylic acids is 2. The zero-order valence-electron chi connectivity index (χ0n) is 7.06. The maximum atomic E-state index is 10.6. The Hall–Kier alpha value is -1.48. The van der Waals surface area contributed by atoms with Gasteiger partial charge in [0.2, 0.25) is 0 Å². The van der Waals surface area contributed by atoms with E-state index in [1.807, 2.05) is 0 Å². The zero-order valence-corrected chi connectivity index (χ0v) is 7.06. The van der Waals surface area contributed by atoms with Crippen LogP contribution in [0.2, 0.25) is 0 Å². The molecule has 0 amide bonds. The molecule has 1 aromatic rings. The minimum Gasteiger partial charge on any atom is -0.396 e. The average molecular weight is 178 g/mol. The lowest BCUT2D eigenvalue weighted by Gasteiger charge is -2.03. The number of benzene rings is 1.